The predicted molar refractivity (Wildman–Crippen MR) is 241 cm³/mol. The summed E-state index contributed by atoms with van der Waals surface area (Å²) in [6.07, 6.45) is 12.8. The summed E-state index contributed by atoms with van der Waals surface area (Å²) in [4.78, 5) is 76.3. The third-order valence-electron chi connectivity index (χ3n) is 13.6. The molecule has 4 heterocycles. The van der Waals surface area contributed by atoms with Gasteiger partial charge in [-0.1, -0.05) is 58.9 Å². The quantitative estimate of drug-likeness (QED) is 0.0325. The molecule has 0 bridgehead atoms. The van der Waals surface area contributed by atoms with Crippen molar-refractivity contribution in [3.8, 4) is 5.75 Å². The molecule has 4 aliphatic heterocycles. The van der Waals surface area contributed by atoms with Crippen LogP contribution in [0.3, 0.4) is 0 Å². The monoisotopic (exact) mass is 932 g/mol. The SMILES string of the molecule is CCCCCCC[N+]12NCC(Cl)C1NC(C(CC)CC)CC2N[C@H]1CC[C@H](NC(=O)COCCOCCOCCNC(=O)COc2cccc3c2C(=O)N(C2CCC(=O)NC2=O)C3=O)C1. The number of rotatable bonds is 27. The van der Waals surface area contributed by atoms with Crippen LogP contribution in [-0.4, -0.2) is 153 Å². The second-order valence-corrected chi connectivity index (χ2v) is 18.5. The lowest BCUT2D eigenvalue weighted by molar-refractivity contribution is -1.01. The van der Waals surface area contributed by atoms with Gasteiger partial charge < -0.3 is 29.6 Å². The van der Waals surface area contributed by atoms with Crippen molar-refractivity contribution in [2.45, 2.75) is 146 Å². The van der Waals surface area contributed by atoms with Gasteiger partial charge in [0.05, 0.1) is 57.3 Å². The third kappa shape index (κ3) is 13.0. The second-order valence-electron chi connectivity index (χ2n) is 18.0. The number of hydrogen-bond donors (Lipinski definition) is 6. The Balaban J connectivity index is 0.813. The van der Waals surface area contributed by atoms with Crippen molar-refractivity contribution < 1.29 is 52.3 Å². The first-order valence-electron chi connectivity index (χ1n) is 24.0. The molecule has 6 amide bonds. The van der Waals surface area contributed by atoms with E-state index in [9.17, 15) is 28.8 Å². The summed E-state index contributed by atoms with van der Waals surface area (Å²) in [7, 11) is 0. The minimum absolute atomic E-state index is 0.00828. The van der Waals surface area contributed by atoms with Crippen molar-refractivity contribution in [1.82, 2.24) is 36.9 Å². The standard InChI is InChI=1S/C46H71ClN8O10/c1-4-7-8-9-10-19-55-38(26-35(30(5-2)6-3)52-43(55)34(47)27-49-55)50-31-14-15-32(25-31)51-41(58)28-64-24-23-63-22-21-62-20-18-48-40(57)29-65-37-13-11-12-33-42(37)46(61)54(45(33)60)36-16-17-39(56)53-44(36)59/h11-13,30-32,34-36,38,43,49-50,52H,4-10,14-29H2,1-3H3,(H2-,48,51,53,56,57,58,59)/p+1/t31-,32-,34?,35?,36?,38?,43?,55?/m0/s1. The van der Waals surface area contributed by atoms with E-state index < -0.39 is 42.2 Å². The van der Waals surface area contributed by atoms with Crippen molar-refractivity contribution in [3.63, 3.8) is 0 Å². The molecule has 65 heavy (non-hydrogen) atoms. The van der Waals surface area contributed by atoms with Crippen molar-refractivity contribution in [1.29, 1.82) is 0 Å². The number of nitrogens with zero attached hydrogens (tertiary/aromatic N) is 2. The second kappa shape index (κ2) is 24.9. The Morgan fingerprint density at radius 1 is 0.862 bits per heavy atom. The molecule has 362 valence electrons. The number of imide groups is 2. The number of fused-ring (bicyclic) bond motifs is 2. The van der Waals surface area contributed by atoms with Crippen LogP contribution in [0, 0.1) is 5.92 Å². The zero-order chi connectivity index (χ0) is 46.3. The number of carbonyl (C=O) groups excluding carboxylic acids is 6. The molecule has 8 atom stereocenters. The molecule has 0 aromatic heterocycles. The lowest BCUT2D eigenvalue weighted by Crippen LogP contribution is -2.78. The first kappa shape index (κ1) is 50.7. The van der Waals surface area contributed by atoms with Gasteiger partial charge >= 0.3 is 0 Å². The van der Waals surface area contributed by atoms with E-state index in [4.69, 9.17) is 30.5 Å². The number of alkyl halides is 1. The highest BCUT2D eigenvalue weighted by molar-refractivity contribution is 6.24. The van der Waals surface area contributed by atoms with Crippen LogP contribution in [0.15, 0.2) is 18.2 Å². The van der Waals surface area contributed by atoms with Crippen molar-refractivity contribution in [2.75, 3.05) is 65.9 Å². The number of nitrogens with one attached hydrogen (secondary N) is 6. The number of benzene rings is 1. The fraction of sp³-hybridized carbons (Fsp3) is 0.739. The molecular weight excluding hydrogens is 860 g/mol. The minimum atomic E-state index is -1.10. The van der Waals surface area contributed by atoms with Gasteiger partial charge in [-0.05, 0) is 56.6 Å². The number of unbranched alkanes of at least 4 members (excludes halogenated alkanes) is 4. The fourth-order valence-electron chi connectivity index (χ4n) is 10.2. The zero-order valence-electron chi connectivity index (χ0n) is 38.5. The topological polar surface area (TPSA) is 215 Å². The van der Waals surface area contributed by atoms with E-state index in [-0.39, 0.29) is 92.3 Å². The maximum absolute atomic E-state index is 13.2. The van der Waals surface area contributed by atoms with Gasteiger partial charge in [-0.15, -0.1) is 11.6 Å². The Bertz CT molecular complexity index is 1810. The predicted octanol–water partition coefficient (Wildman–Crippen LogP) is 2.62. The molecular formula is C46H72ClN8O10+. The van der Waals surface area contributed by atoms with E-state index in [2.05, 4.69) is 52.8 Å². The van der Waals surface area contributed by atoms with Crippen molar-refractivity contribution in [2.24, 2.45) is 5.92 Å². The van der Waals surface area contributed by atoms with Crippen LogP contribution < -0.4 is 36.7 Å². The maximum Gasteiger partial charge on any atom is 0.266 e. The number of quaternary nitrogens is 1. The highest BCUT2D eigenvalue weighted by atomic mass is 35.5. The lowest BCUT2D eigenvalue weighted by atomic mass is 9.87. The number of piperidine rings is 1. The molecule has 1 saturated carbocycles. The van der Waals surface area contributed by atoms with Gasteiger partial charge in [-0.2, -0.15) is 5.43 Å². The van der Waals surface area contributed by atoms with Crippen LogP contribution in [0.25, 0.3) is 0 Å². The van der Waals surface area contributed by atoms with Crippen LogP contribution in [0.4, 0.5) is 0 Å². The van der Waals surface area contributed by atoms with Gasteiger partial charge in [-0.3, -0.25) is 49.6 Å². The molecule has 18 nitrogen and oxygen atoms in total. The Morgan fingerprint density at radius 2 is 1.60 bits per heavy atom. The van der Waals surface area contributed by atoms with E-state index >= 15 is 0 Å². The number of amides is 6. The molecule has 3 saturated heterocycles. The first-order chi connectivity index (χ1) is 31.5. The summed E-state index contributed by atoms with van der Waals surface area (Å²) >= 11 is 7.04. The summed E-state index contributed by atoms with van der Waals surface area (Å²) in [5.74, 6) is -2.49. The number of ether oxygens (including phenoxy) is 4. The Hall–Kier alpha value is -3.75. The summed E-state index contributed by atoms with van der Waals surface area (Å²) in [5.41, 5.74) is 3.92. The minimum Gasteiger partial charge on any atom is -0.483 e. The van der Waals surface area contributed by atoms with Crippen LogP contribution in [-0.2, 0) is 33.4 Å². The number of halogens is 1. The average molecular weight is 933 g/mol. The molecule has 1 aromatic rings. The van der Waals surface area contributed by atoms with Gasteiger partial charge in [0.15, 0.2) is 18.9 Å². The molecule has 0 radical (unpaired) electrons. The Morgan fingerprint density at radius 3 is 2.35 bits per heavy atom. The van der Waals surface area contributed by atoms with Gasteiger partial charge in [0, 0.05) is 37.5 Å². The van der Waals surface area contributed by atoms with E-state index in [1.54, 1.807) is 0 Å². The lowest BCUT2D eigenvalue weighted by Gasteiger charge is -2.52. The van der Waals surface area contributed by atoms with Crippen LogP contribution in [0.5, 0.6) is 5.75 Å². The van der Waals surface area contributed by atoms with Crippen LogP contribution >= 0.6 is 11.6 Å². The van der Waals surface area contributed by atoms with E-state index in [1.165, 1.54) is 50.3 Å². The van der Waals surface area contributed by atoms with Gasteiger partial charge in [0.2, 0.25) is 17.7 Å². The molecule has 0 spiro atoms. The Labute approximate surface area is 388 Å². The normalized spacial score (nSPS) is 27.5. The molecule has 5 aliphatic rings. The van der Waals surface area contributed by atoms with Crippen LogP contribution in [0.1, 0.15) is 125 Å². The average Bonchev–Trinajstić information content (AvgIpc) is 3.95. The largest absolute Gasteiger partial charge is 0.483 e. The fourth-order valence-corrected chi connectivity index (χ4v) is 10.6. The highest BCUT2D eigenvalue weighted by Crippen LogP contribution is 2.37. The molecule has 1 aliphatic carbocycles. The van der Waals surface area contributed by atoms with Gasteiger partial charge in [0.1, 0.15) is 23.8 Å². The molecule has 4 fully saturated rings. The van der Waals surface area contributed by atoms with Crippen LogP contribution in [0.2, 0.25) is 0 Å². The molecule has 6 N–H and O–H groups in total. The van der Waals surface area contributed by atoms with Gasteiger partial charge in [-0.25, -0.2) is 4.59 Å². The van der Waals surface area contributed by atoms with Crippen molar-refractivity contribution in [3.05, 3.63) is 29.3 Å². The summed E-state index contributed by atoms with van der Waals surface area (Å²) in [6, 6.07) is 4.16. The zero-order valence-corrected chi connectivity index (χ0v) is 39.2. The molecule has 1 aromatic carbocycles. The number of hydrogen-bond acceptors (Lipinski definition) is 13. The van der Waals surface area contributed by atoms with Crippen molar-refractivity contribution >= 4 is 47.0 Å². The molecule has 19 heteroatoms. The third-order valence-corrected chi connectivity index (χ3v) is 14.0. The maximum atomic E-state index is 13.2. The Kier molecular flexibility index (Phi) is 19.4. The molecule has 6 rings (SSSR count). The summed E-state index contributed by atoms with van der Waals surface area (Å²) in [6.45, 7) is 9.81. The highest BCUT2D eigenvalue weighted by Gasteiger charge is 2.58. The smallest absolute Gasteiger partial charge is 0.266 e. The van der Waals surface area contributed by atoms with E-state index in [0.29, 0.717) is 31.2 Å². The first-order valence-corrected chi connectivity index (χ1v) is 24.5. The number of carbonyl (C=O) groups is 6. The van der Waals surface area contributed by atoms with Gasteiger partial charge in [0.25, 0.3) is 17.7 Å². The summed E-state index contributed by atoms with van der Waals surface area (Å²) < 4.78 is 23.1. The molecule has 6 unspecified atom stereocenters. The van der Waals surface area contributed by atoms with E-state index in [1.807, 2.05) is 0 Å². The van der Waals surface area contributed by atoms with E-state index in [0.717, 1.165) is 61.1 Å². The summed E-state index contributed by atoms with van der Waals surface area (Å²) in [5, 5.41) is 16.2.